The highest BCUT2D eigenvalue weighted by molar-refractivity contribution is 5.88. The van der Waals surface area contributed by atoms with Crippen LogP contribution in [0.2, 0.25) is 0 Å². The molecule has 0 spiro atoms. The van der Waals surface area contributed by atoms with Crippen LogP contribution in [0.15, 0.2) is 12.3 Å². The van der Waals surface area contributed by atoms with Crippen LogP contribution in [0.5, 0.6) is 6.01 Å². The Morgan fingerprint density at radius 3 is 3.11 bits per heavy atom. The number of likely N-dealkylation sites (tertiary alicyclic amines) is 1. The smallest absolute Gasteiger partial charge is 0.323 e. The summed E-state index contributed by atoms with van der Waals surface area (Å²) >= 11 is 0. The van der Waals surface area contributed by atoms with E-state index >= 15 is 0 Å². The molecule has 0 aromatic carbocycles. The van der Waals surface area contributed by atoms with Crippen LogP contribution in [-0.4, -0.2) is 54.3 Å². The van der Waals surface area contributed by atoms with E-state index < -0.39 is 0 Å². The fraction of sp³-hybridized carbons (Fsp3) is 0.583. The molecule has 1 unspecified atom stereocenters. The molecule has 7 nitrogen and oxygen atoms in total. The zero-order chi connectivity index (χ0) is 13.7. The Kier molecular flexibility index (Phi) is 4.51. The predicted molar refractivity (Wildman–Crippen MR) is 69.2 cm³/mol. The lowest BCUT2D eigenvalue weighted by Gasteiger charge is -2.31. The Morgan fingerprint density at radius 2 is 2.37 bits per heavy atom. The van der Waals surface area contributed by atoms with E-state index in [1.165, 1.54) is 13.3 Å². The van der Waals surface area contributed by atoms with Gasteiger partial charge in [0.05, 0.1) is 13.2 Å². The van der Waals surface area contributed by atoms with E-state index in [4.69, 9.17) is 9.47 Å². The first-order valence-electron chi connectivity index (χ1n) is 6.18. The normalized spacial score (nSPS) is 19.1. The number of anilines is 1. The third-order valence-electron chi connectivity index (χ3n) is 3.05. The van der Waals surface area contributed by atoms with Crippen molar-refractivity contribution < 1.29 is 14.3 Å². The Balaban J connectivity index is 1.96. The number of rotatable bonds is 3. The van der Waals surface area contributed by atoms with Gasteiger partial charge in [-0.1, -0.05) is 0 Å². The molecule has 0 saturated carbocycles. The van der Waals surface area contributed by atoms with Gasteiger partial charge < -0.3 is 14.4 Å². The molecular weight excluding hydrogens is 248 g/mol. The molecule has 0 radical (unpaired) electrons. The molecule has 2 heterocycles. The molecule has 1 aliphatic heterocycles. The molecule has 0 aliphatic carbocycles. The fourth-order valence-corrected chi connectivity index (χ4v) is 2.01. The minimum absolute atomic E-state index is 0.111. The molecule has 0 bridgehead atoms. The summed E-state index contributed by atoms with van der Waals surface area (Å²) in [4.78, 5) is 21.7. The molecule has 104 valence electrons. The van der Waals surface area contributed by atoms with Gasteiger partial charge >= 0.3 is 12.0 Å². The van der Waals surface area contributed by atoms with Gasteiger partial charge in [0.2, 0.25) is 0 Å². The van der Waals surface area contributed by atoms with Crippen molar-refractivity contribution in [3.05, 3.63) is 12.3 Å². The molecule has 1 fully saturated rings. The zero-order valence-corrected chi connectivity index (χ0v) is 11.1. The van der Waals surface area contributed by atoms with Gasteiger partial charge in [-0.05, 0) is 18.9 Å². The summed E-state index contributed by atoms with van der Waals surface area (Å²) < 4.78 is 10.2. The van der Waals surface area contributed by atoms with Gasteiger partial charge in [0.25, 0.3) is 0 Å². The van der Waals surface area contributed by atoms with Gasteiger partial charge in [0.15, 0.2) is 0 Å². The van der Waals surface area contributed by atoms with Gasteiger partial charge in [-0.25, -0.2) is 9.78 Å². The van der Waals surface area contributed by atoms with Crippen LogP contribution >= 0.6 is 0 Å². The van der Waals surface area contributed by atoms with E-state index in [9.17, 15) is 4.79 Å². The number of aromatic nitrogens is 2. The first kappa shape index (κ1) is 13.5. The van der Waals surface area contributed by atoms with Crippen molar-refractivity contribution in [2.24, 2.45) is 0 Å². The number of piperidine rings is 1. The minimum atomic E-state index is -0.178. The predicted octanol–water partition coefficient (Wildman–Crippen LogP) is 1.13. The number of methoxy groups -OCH3 is 2. The van der Waals surface area contributed by atoms with Crippen LogP contribution in [0.4, 0.5) is 10.6 Å². The number of amides is 2. The van der Waals surface area contributed by atoms with Crippen molar-refractivity contribution >= 4 is 11.8 Å². The average molecular weight is 266 g/mol. The molecule has 1 aliphatic rings. The van der Waals surface area contributed by atoms with E-state index in [2.05, 4.69) is 15.3 Å². The van der Waals surface area contributed by atoms with E-state index in [-0.39, 0.29) is 18.1 Å². The number of nitrogens with zero attached hydrogens (tertiary/aromatic N) is 3. The zero-order valence-electron chi connectivity index (χ0n) is 11.1. The van der Waals surface area contributed by atoms with Crippen molar-refractivity contribution in [3.8, 4) is 6.01 Å². The second kappa shape index (κ2) is 6.33. The summed E-state index contributed by atoms with van der Waals surface area (Å²) in [5, 5.41) is 2.73. The summed E-state index contributed by atoms with van der Waals surface area (Å²) in [6, 6.07) is 1.67. The van der Waals surface area contributed by atoms with Gasteiger partial charge in [-0.3, -0.25) is 5.32 Å². The van der Waals surface area contributed by atoms with Crippen LogP contribution in [0.3, 0.4) is 0 Å². The highest BCUT2D eigenvalue weighted by Gasteiger charge is 2.23. The van der Waals surface area contributed by atoms with Crippen LogP contribution < -0.4 is 10.1 Å². The number of carbonyl (C=O) groups is 1. The first-order valence-corrected chi connectivity index (χ1v) is 6.18. The fourth-order valence-electron chi connectivity index (χ4n) is 2.01. The van der Waals surface area contributed by atoms with E-state index in [1.54, 1.807) is 18.1 Å². The lowest BCUT2D eigenvalue weighted by Crippen LogP contribution is -2.45. The maximum absolute atomic E-state index is 12.1. The number of carbonyl (C=O) groups excluding carboxylic acids is 1. The van der Waals surface area contributed by atoms with Gasteiger partial charge in [-0.2, -0.15) is 4.98 Å². The summed E-state index contributed by atoms with van der Waals surface area (Å²) in [6.07, 6.45) is 3.58. The number of urea groups is 1. The van der Waals surface area contributed by atoms with Crippen molar-refractivity contribution in [2.75, 3.05) is 32.6 Å². The van der Waals surface area contributed by atoms with Gasteiger partial charge in [-0.15, -0.1) is 0 Å². The van der Waals surface area contributed by atoms with E-state index in [0.29, 0.717) is 12.4 Å². The summed E-state index contributed by atoms with van der Waals surface area (Å²) in [6.45, 7) is 1.33. The van der Waals surface area contributed by atoms with Crippen LogP contribution in [0, 0.1) is 0 Å². The van der Waals surface area contributed by atoms with Crippen LogP contribution in [0.25, 0.3) is 0 Å². The topological polar surface area (TPSA) is 76.6 Å². The average Bonchev–Trinajstić information content (AvgIpc) is 2.47. The van der Waals surface area contributed by atoms with Crippen molar-refractivity contribution in [3.63, 3.8) is 0 Å². The van der Waals surface area contributed by atoms with Gasteiger partial charge in [0.1, 0.15) is 5.82 Å². The maximum Gasteiger partial charge on any atom is 0.323 e. The third-order valence-corrected chi connectivity index (χ3v) is 3.05. The molecule has 1 aromatic heterocycles. The highest BCUT2D eigenvalue weighted by atomic mass is 16.5. The lowest BCUT2D eigenvalue weighted by molar-refractivity contribution is 0.0458. The Labute approximate surface area is 111 Å². The SMILES string of the molecule is COc1nccc(NC(=O)N2CCCC(OC)C2)n1. The molecule has 1 aromatic rings. The first-order chi connectivity index (χ1) is 9.22. The maximum atomic E-state index is 12.1. The van der Waals surface area contributed by atoms with Crippen molar-refractivity contribution in [2.45, 2.75) is 18.9 Å². The Hall–Kier alpha value is -1.89. The summed E-state index contributed by atoms with van der Waals surface area (Å²) in [5.74, 6) is 0.427. The van der Waals surface area contributed by atoms with Crippen molar-refractivity contribution in [1.82, 2.24) is 14.9 Å². The van der Waals surface area contributed by atoms with E-state index in [0.717, 1.165) is 19.4 Å². The second-order valence-electron chi connectivity index (χ2n) is 4.30. The molecule has 19 heavy (non-hydrogen) atoms. The molecule has 1 atom stereocenters. The van der Waals surface area contributed by atoms with Crippen LogP contribution in [0.1, 0.15) is 12.8 Å². The van der Waals surface area contributed by atoms with Crippen molar-refractivity contribution in [1.29, 1.82) is 0 Å². The molecule has 7 heteroatoms. The van der Waals surface area contributed by atoms with Gasteiger partial charge in [0, 0.05) is 26.4 Å². The Bertz CT molecular complexity index is 441. The molecular formula is C12H18N4O3. The largest absolute Gasteiger partial charge is 0.467 e. The molecule has 1 saturated heterocycles. The number of hydrogen-bond donors (Lipinski definition) is 1. The highest BCUT2D eigenvalue weighted by Crippen LogP contribution is 2.14. The van der Waals surface area contributed by atoms with Crippen LogP contribution in [-0.2, 0) is 4.74 Å². The number of ether oxygens (including phenoxy) is 2. The molecule has 1 N–H and O–H groups in total. The second-order valence-corrected chi connectivity index (χ2v) is 4.30. The number of hydrogen-bond acceptors (Lipinski definition) is 5. The minimum Gasteiger partial charge on any atom is -0.467 e. The summed E-state index contributed by atoms with van der Waals surface area (Å²) in [7, 11) is 3.15. The summed E-state index contributed by atoms with van der Waals surface area (Å²) in [5.41, 5.74) is 0. The number of nitrogens with one attached hydrogen (secondary N) is 1. The quantitative estimate of drug-likeness (QED) is 0.887. The standard InChI is InChI=1S/C12H18N4O3/c1-18-9-4-3-7-16(8-9)12(17)15-10-5-6-13-11(14-10)19-2/h5-6,9H,3-4,7-8H2,1-2H3,(H,13,14,15,17). The molecule has 2 rings (SSSR count). The molecule has 2 amide bonds. The lowest BCUT2D eigenvalue weighted by atomic mass is 10.1. The van der Waals surface area contributed by atoms with E-state index in [1.807, 2.05) is 0 Å². The third kappa shape index (κ3) is 3.54. The monoisotopic (exact) mass is 266 g/mol. The Morgan fingerprint density at radius 1 is 1.53 bits per heavy atom.